The molecule has 6 rings (SSSR count). The predicted octanol–water partition coefficient (Wildman–Crippen LogP) is 7.06. The molecule has 0 unspecified atom stereocenters. The number of anilines is 1. The minimum atomic E-state index is -2.88. The van der Waals surface area contributed by atoms with Crippen LogP contribution in [0.3, 0.4) is 0 Å². The Bertz CT molecular complexity index is 2150. The van der Waals surface area contributed by atoms with Gasteiger partial charge < -0.3 is 33.3 Å². The number of aromatic nitrogens is 2. The van der Waals surface area contributed by atoms with Gasteiger partial charge in [0.15, 0.2) is 6.49 Å². The molecule has 1 aliphatic heterocycles. The number of nitrogens with zero attached hydrogens (tertiary/aromatic N) is 3. The normalized spacial score (nSPS) is 17.8. The van der Waals surface area contributed by atoms with Crippen molar-refractivity contribution in [2.24, 2.45) is 0 Å². The molecular weight excluding hydrogens is 740 g/mol. The fourth-order valence-electron chi connectivity index (χ4n) is 6.43. The largest absolute Gasteiger partial charge is 0.497 e. The third-order valence-corrected chi connectivity index (χ3v) is 11.0. The summed E-state index contributed by atoms with van der Waals surface area (Å²) in [5.41, 5.74) is 1.15. The first-order chi connectivity index (χ1) is 26.7. The molecule has 0 aliphatic carbocycles. The molecule has 4 atom stereocenters. The van der Waals surface area contributed by atoms with E-state index in [0.29, 0.717) is 17.1 Å². The van der Waals surface area contributed by atoms with E-state index in [1.54, 1.807) is 45.1 Å². The molecule has 12 nitrogen and oxygen atoms in total. The van der Waals surface area contributed by atoms with E-state index in [9.17, 15) is 9.59 Å². The summed E-state index contributed by atoms with van der Waals surface area (Å²) < 4.78 is 38.4. The number of rotatable bonds is 16. The lowest BCUT2D eigenvalue weighted by Gasteiger charge is -2.37. The summed E-state index contributed by atoms with van der Waals surface area (Å²) in [6.07, 6.45) is -0.343. The SMILES string of the molecule is COc1ccc(C(OC[C@H]2O[C@@H](n3ccc(NC(=O)c4ccccc4)nc3=O)C[C@@H]2O[P@](C)(=S)OCCC#N)(c2ccccc2)c2ccc(OC)cc2)cc1. The number of ether oxygens (including phenoxy) is 4. The molecule has 1 N–H and O–H groups in total. The first-order valence-corrected chi connectivity index (χ1v) is 20.6. The topological polar surface area (TPSA) is 143 Å². The lowest BCUT2D eigenvalue weighted by molar-refractivity contribution is -0.0917. The minimum absolute atomic E-state index is 0.00492. The molecule has 0 spiro atoms. The van der Waals surface area contributed by atoms with Gasteiger partial charge in [-0.1, -0.05) is 72.8 Å². The molecule has 0 bridgehead atoms. The zero-order chi connectivity index (χ0) is 38.8. The Labute approximate surface area is 324 Å². The van der Waals surface area contributed by atoms with Crippen molar-refractivity contribution in [1.82, 2.24) is 9.55 Å². The molecule has 1 aromatic heterocycles. The van der Waals surface area contributed by atoms with Crippen LogP contribution in [0.5, 0.6) is 11.5 Å². The second kappa shape index (κ2) is 18.0. The van der Waals surface area contributed by atoms with Crippen LogP contribution in [0, 0.1) is 11.3 Å². The molecular formula is C41H41N4O8PS. The fraction of sp³-hybridized carbons (Fsp3) is 0.268. The van der Waals surface area contributed by atoms with Crippen molar-refractivity contribution in [3.05, 3.63) is 154 Å². The van der Waals surface area contributed by atoms with Gasteiger partial charge in [-0.25, -0.2) is 4.79 Å². The van der Waals surface area contributed by atoms with E-state index < -0.39 is 42.1 Å². The Morgan fingerprint density at radius 2 is 1.51 bits per heavy atom. The Morgan fingerprint density at radius 3 is 2.07 bits per heavy atom. The average molecular weight is 781 g/mol. The molecule has 0 radical (unpaired) electrons. The van der Waals surface area contributed by atoms with Gasteiger partial charge in [-0.15, -0.1) is 0 Å². The van der Waals surface area contributed by atoms with Crippen LogP contribution in [0.15, 0.2) is 126 Å². The highest BCUT2D eigenvalue weighted by molar-refractivity contribution is 8.09. The molecule has 4 aromatic carbocycles. The van der Waals surface area contributed by atoms with Crippen molar-refractivity contribution in [3.63, 3.8) is 0 Å². The summed E-state index contributed by atoms with van der Waals surface area (Å²) in [6.45, 7) is -1.07. The molecule has 55 heavy (non-hydrogen) atoms. The third-order valence-electron chi connectivity index (χ3n) is 9.10. The number of benzene rings is 4. The molecule has 14 heteroatoms. The van der Waals surface area contributed by atoms with Crippen LogP contribution < -0.4 is 20.5 Å². The van der Waals surface area contributed by atoms with Crippen LogP contribution >= 0.6 is 6.49 Å². The molecule has 1 fully saturated rings. The second-order valence-corrected chi connectivity index (χ2v) is 16.7. The molecule has 5 aromatic rings. The van der Waals surface area contributed by atoms with Gasteiger partial charge in [0.25, 0.3) is 5.91 Å². The summed E-state index contributed by atoms with van der Waals surface area (Å²) in [5, 5.41) is 11.8. The highest BCUT2D eigenvalue weighted by atomic mass is 32.5. The summed E-state index contributed by atoms with van der Waals surface area (Å²) in [5.74, 6) is 1.08. The zero-order valence-electron chi connectivity index (χ0n) is 30.6. The van der Waals surface area contributed by atoms with Crippen LogP contribution in [-0.4, -0.2) is 61.8 Å². The number of hydrogen-bond acceptors (Lipinski definition) is 11. The van der Waals surface area contributed by atoms with Crippen LogP contribution in [-0.2, 0) is 35.9 Å². The number of amides is 1. The maximum Gasteiger partial charge on any atom is 0.351 e. The van der Waals surface area contributed by atoms with E-state index in [-0.39, 0.29) is 31.9 Å². The number of nitrogens with one attached hydrogen (secondary N) is 1. The van der Waals surface area contributed by atoms with Crippen molar-refractivity contribution in [1.29, 1.82) is 5.26 Å². The van der Waals surface area contributed by atoms with E-state index in [4.69, 9.17) is 45.1 Å². The van der Waals surface area contributed by atoms with E-state index in [1.807, 2.05) is 84.9 Å². The molecule has 1 aliphatic rings. The Hall–Kier alpha value is -5.19. The molecule has 0 saturated carbocycles. The molecule has 1 amide bonds. The van der Waals surface area contributed by atoms with Crippen LogP contribution in [0.25, 0.3) is 0 Å². The number of carbonyl (C=O) groups excluding carboxylic acids is 1. The number of nitriles is 1. The Kier molecular flexibility index (Phi) is 12.9. The summed E-state index contributed by atoms with van der Waals surface area (Å²) in [4.78, 5) is 30.3. The van der Waals surface area contributed by atoms with Crippen LogP contribution in [0.4, 0.5) is 5.82 Å². The highest BCUT2D eigenvalue weighted by Crippen LogP contribution is 2.50. The van der Waals surface area contributed by atoms with E-state index in [1.165, 1.54) is 16.8 Å². The molecule has 284 valence electrons. The Morgan fingerprint density at radius 1 is 0.927 bits per heavy atom. The first-order valence-electron chi connectivity index (χ1n) is 17.5. The first kappa shape index (κ1) is 39.5. The lowest BCUT2D eigenvalue weighted by Crippen LogP contribution is -2.38. The van der Waals surface area contributed by atoms with E-state index >= 15 is 0 Å². The van der Waals surface area contributed by atoms with Crippen molar-refractivity contribution < 1.29 is 32.8 Å². The lowest BCUT2D eigenvalue weighted by atomic mass is 9.80. The van der Waals surface area contributed by atoms with Crippen molar-refractivity contribution in [3.8, 4) is 17.6 Å². The number of carbonyl (C=O) groups is 1. The second-order valence-electron chi connectivity index (χ2n) is 12.7. The van der Waals surface area contributed by atoms with Gasteiger partial charge in [-0.3, -0.25) is 9.36 Å². The van der Waals surface area contributed by atoms with Gasteiger partial charge >= 0.3 is 5.69 Å². The van der Waals surface area contributed by atoms with Gasteiger partial charge in [-0.2, -0.15) is 10.2 Å². The zero-order valence-corrected chi connectivity index (χ0v) is 32.3. The predicted molar refractivity (Wildman–Crippen MR) is 211 cm³/mol. The maximum atomic E-state index is 13.5. The van der Waals surface area contributed by atoms with Gasteiger partial charge in [0.2, 0.25) is 0 Å². The quantitative estimate of drug-likeness (QED) is 0.0625. The van der Waals surface area contributed by atoms with Crippen molar-refractivity contribution >= 4 is 30.0 Å². The average Bonchev–Trinajstić information content (AvgIpc) is 3.60. The van der Waals surface area contributed by atoms with Crippen molar-refractivity contribution in [2.45, 2.75) is 36.9 Å². The summed E-state index contributed by atoms with van der Waals surface area (Å²) >= 11 is 5.78. The van der Waals surface area contributed by atoms with Crippen LogP contribution in [0.2, 0.25) is 0 Å². The maximum absolute atomic E-state index is 13.5. The number of hydrogen-bond donors (Lipinski definition) is 1. The van der Waals surface area contributed by atoms with E-state index in [2.05, 4.69) is 16.4 Å². The van der Waals surface area contributed by atoms with Crippen LogP contribution in [0.1, 0.15) is 46.1 Å². The Balaban J connectivity index is 1.34. The van der Waals surface area contributed by atoms with Crippen molar-refractivity contribution in [2.75, 3.05) is 39.4 Å². The van der Waals surface area contributed by atoms with Gasteiger partial charge in [0.1, 0.15) is 35.2 Å². The highest BCUT2D eigenvalue weighted by Gasteiger charge is 2.44. The monoisotopic (exact) mass is 780 g/mol. The smallest absolute Gasteiger partial charge is 0.351 e. The summed E-state index contributed by atoms with van der Waals surface area (Å²) in [7, 11) is 3.23. The third kappa shape index (κ3) is 9.37. The summed E-state index contributed by atoms with van der Waals surface area (Å²) in [6, 6.07) is 37.4. The molecule has 1 saturated heterocycles. The number of methoxy groups -OCH3 is 2. The van der Waals surface area contributed by atoms with Gasteiger partial charge in [0.05, 0.1) is 46.0 Å². The van der Waals surface area contributed by atoms with Gasteiger partial charge in [-0.05, 0) is 71.0 Å². The molecule has 2 heterocycles. The fourth-order valence-corrected chi connectivity index (χ4v) is 8.18. The van der Waals surface area contributed by atoms with E-state index in [0.717, 1.165) is 16.7 Å². The minimum Gasteiger partial charge on any atom is -0.497 e. The van der Waals surface area contributed by atoms with Gasteiger partial charge in [0, 0.05) is 24.8 Å². The standard InChI is InChI=1S/C41H41N4O8PS/c1-48-33-19-15-31(16-20-33)41(30-13-8-5-9-14-30,32-17-21-34(49-2)22-18-32)50-28-36-35(53-54(3,55)51-26-10-24-42)27-38(52-36)45-25-23-37(44-40(45)47)43-39(46)29-11-6-4-7-12-29/h4-9,11-23,25,35-36,38H,10,26-28H2,1-3H3,(H,43,44,46,47)/t35-,36+,38+,54+/m0/s1.